The monoisotopic (exact) mass is 240 g/mol. The largest absolute Gasteiger partial charge is 0.383 e. The number of anilines is 2. The topological polar surface area (TPSA) is 50.4 Å². The number of nitrogens with one attached hydrogen (secondary N) is 2. The Hall–Kier alpha value is -1.62. The molecule has 0 aliphatic carbocycles. The van der Waals surface area contributed by atoms with Crippen molar-refractivity contribution in [1.29, 1.82) is 0 Å². The molecule has 0 aliphatic heterocycles. The van der Waals surface area contributed by atoms with Gasteiger partial charge in [-0.3, -0.25) is 4.79 Å². The maximum absolute atomic E-state index is 13.5. The molecule has 0 saturated heterocycles. The number of halogens is 1. The molecule has 0 aromatic heterocycles. The summed E-state index contributed by atoms with van der Waals surface area (Å²) in [6.45, 7) is 3.77. The Bertz CT molecular complexity index is 396. The van der Waals surface area contributed by atoms with Gasteiger partial charge in [0.15, 0.2) is 0 Å². The lowest BCUT2D eigenvalue weighted by atomic mass is 10.2. The zero-order valence-corrected chi connectivity index (χ0v) is 10.2. The normalized spacial score (nSPS) is 12.0. The Kier molecular flexibility index (Phi) is 4.90. The highest BCUT2D eigenvalue weighted by Gasteiger charge is 2.07. The summed E-state index contributed by atoms with van der Waals surface area (Å²) in [6.07, 6.45) is 0. The van der Waals surface area contributed by atoms with Crippen molar-refractivity contribution < 1.29 is 13.9 Å². The third kappa shape index (κ3) is 4.40. The van der Waals surface area contributed by atoms with E-state index in [1.54, 1.807) is 13.2 Å². The Morgan fingerprint density at radius 1 is 1.53 bits per heavy atom. The summed E-state index contributed by atoms with van der Waals surface area (Å²) in [6, 6.07) is 4.38. The van der Waals surface area contributed by atoms with Gasteiger partial charge in [-0.1, -0.05) is 0 Å². The molecular weight excluding hydrogens is 223 g/mol. The molecule has 17 heavy (non-hydrogen) atoms. The Labute approximate surface area is 100 Å². The molecule has 0 heterocycles. The van der Waals surface area contributed by atoms with Gasteiger partial charge in [0.2, 0.25) is 5.91 Å². The number of methoxy groups -OCH3 is 1. The minimum absolute atomic E-state index is 0.0120. The first kappa shape index (κ1) is 13.4. The lowest BCUT2D eigenvalue weighted by Gasteiger charge is -2.15. The van der Waals surface area contributed by atoms with E-state index in [1.165, 1.54) is 19.1 Å². The van der Waals surface area contributed by atoms with Crippen molar-refractivity contribution in [3.8, 4) is 0 Å². The van der Waals surface area contributed by atoms with Crippen LogP contribution < -0.4 is 10.6 Å². The van der Waals surface area contributed by atoms with Gasteiger partial charge in [-0.25, -0.2) is 4.39 Å². The summed E-state index contributed by atoms with van der Waals surface area (Å²) in [5.41, 5.74) is 0.909. The van der Waals surface area contributed by atoms with Crippen LogP contribution in [0.25, 0.3) is 0 Å². The second-order valence-corrected chi connectivity index (χ2v) is 3.88. The molecule has 94 valence electrons. The van der Waals surface area contributed by atoms with Crippen LogP contribution in [0.1, 0.15) is 13.8 Å². The van der Waals surface area contributed by atoms with Crippen LogP contribution >= 0.6 is 0 Å². The molecule has 0 spiro atoms. The number of hydrogen-bond donors (Lipinski definition) is 2. The van der Waals surface area contributed by atoms with Crippen molar-refractivity contribution >= 4 is 17.3 Å². The highest BCUT2D eigenvalue weighted by molar-refractivity contribution is 5.89. The third-order valence-electron chi connectivity index (χ3n) is 2.11. The first-order valence-electron chi connectivity index (χ1n) is 5.35. The number of carbonyl (C=O) groups is 1. The van der Waals surface area contributed by atoms with E-state index in [0.717, 1.165) is 0 Å². The molecule has 1 aromatic carbocycles. The van der Waals surface area contributed by atoms with E-state index in [1.807, 2.05) is 6.92 Å². The molecule has 0 aliphatic rings. The first-order valence-corrected chi connectivity index (χ1v) is 5.35. The number of benzene rings is 1. The molecule has 1 atom stereocenters. The zero-order valence-electron chi connectivity index (χ0n) is 10.2. The molecule has 1 amide bonds. The van der Waals surface area contributed by atoms with Crippen molar-refractivity contribution in [2.45, 2.75) is 19.9 Å². The van der Waals surface area contributed by atoms with Crippen LogP contribution in [-0.2, 0) is 9.53 Å². The molecule has 4 nitrogen and oxygen atoms in total. The van der Waals surface area contributed by atoms with Gasteiger partial charge in [-0.2, -0.15) is 0 Å². The van der Waals surface area contributed by atoms with Crippen LogP contribution in [0.3, 0.4) is 0 Å². The highest BCUT2D eigenvalue weighted by Crippen LogP contribution is 2.20. The maximum Gasteiger partial charge on any atom is 0.221 e. The SMILES string of the molecule is COCC(C)Nc1cc(NC(C)=O)ccc1F. The van der Waals surface area contributed by atoms with Gasteiger partial charge >= 0.3 is 0 Å². The maximum atomic E-state index is 13.5. The molecule has 1 unspecified atom stereocenters. The fraction of sp³-hybridized carbons (Fsp3) is 0.417. The van der Waals surface area contributed by atoms with Gasteiger partial charge in [0.1, 0.15) is 5.82 Å². The minimum Gasteiger partial charge on any atom is -0.383 e. The Morgan fingerprint density at radius 2 is 2.24 bits per heavy atom. The van der Waals surface area contributed by atoms with Crippen LogP contribution in [0.5, 0.6) is 0 Å². The molecule has 0 saturated carbocycles. The van der Waals surface area contributed by atoms with Gasteiger partial charge in [0, 0.05) is 25.8 Å². The van der Waals surface area contributed by atoms with E-state index in [9.17, 15) is 9.18 Å². The number of ether oxygens (including phenoxy) is 1. The van der Waals surface area contributed by atoms with E-state index >= 15 is 0 Å². The summed E-state index contributed by atoms with van der Waals surface area (Å²) < 4.78 is 18.4. The summed E-state index contributed by atoms with van der Waals surface area (Å²) in [5.74, 6) is -0.547. The van der Waals surface area contributed by atoms with Crippen molar-refractivity contribution in [1.82, 2.24) is 0 Å². The minimum atomic E-state index is -0.359. The fourth-order valence-corrected chi connectivity index (χ4v) is 1.47. The van der Waals surface area contributed by atoms with Crippen molar-refractivity contribution in [3.63, 3.8) is 0 Å². The average Bonchev–Trinajstić information content (AvgIpc) is 2.22. The van der Waals surface area contributed by atoms with Crippen LogP contribution in [0.15, 0.2) is 18.2 Å². The first-order chi connectivity index (χ1) is 8.02. The Morgan fingerprint density at radius 3 is 2.82 bits per heavy atom. The average molecular weight is 240 g/mol. The van der Waals surface area contributed by atoms with Crippen molar-refractivity contribution in [2.75, 3.05) is 24.4 Å². The fourth-order valence-electron chi connectivity index (χ4n) is 1.47. The summed E-state index contributed by atoms with van der Waals surface area (Å²) in [4.78, 5) is 10.9. The van der Waals surface area contributed by atoms with Crippen LogP contribution in [0, 0.1) is 5.82 Å². The third-order valence-corrected chi connectivity index (χ3v) is 2.11. The molecule has 1 aromatic rings. The summed E-state index contributed by atoms with van der Waals surface area (Å²) in [5, 5.41) is 5.57. The molecule has 5 heteroatoms. The van der Waals surface area contributed by atoms with Gasteiger partial charge in [0.05, 0.1) is 12.3 Å². The van der Waals surface area contributed by atoms with Crippen molar-refractivity contribution in [3.05, 3.63) is 24.0 Å². The molecule has 0 bridgehead atoms. The molecule has 0 radical (unpaired) electrons. The van der Waals surface area contributed by atoms with Gasteiger partial charge in [0.25, 0.3) is 0 Å². The Balaban J connectivity index is 2.79. The second-order valence-electron chi connectivity index (χ2n) is 3.88. The summed E-state index contributed by atoms with van der Waals surface area (Å²) in [7, 11) is 1.59. The van der Waals surface area contributed by atoms with E-state index in [4.69, 9.17) is 4.74 Å². The lowest BCUT2D eigenvalue weighted by Crippen LogP contribution is -2.21. The predicted molar refractivity (Wildman–Crippen MR) is 65.7 cm³/mol. The smallest absolute Gasteiger partial charge is 0.221 e. The predicted octanol–water partition coefficient (Wildman–Crippen LogP) is 2.23. The standard InChI is InChI=1S/C12H17FN2O2/c1-8(7-17-3)14-12-6-10(15-9(2)16)4-5-11(12)13/h4-6,8,14H,7H2,1-3H3,(H,15,16). The van der Waals surface area contributed by atoms with Crippen LogP contribution in [0.4, 0.5) is 15.8 Å². The van der Waals surface area contributed by atoms with E-state index in [-0.39, 0.29) is 17.8 Å². The molecule has 0 fully saturated rings. The summed E-state index contributed by atoms with van der Waals surface area (Å²) >= 11 is 0. The second kappa shape index (κ2) is 6.20. The molecule has 2 N–H and O–H groups in total. The van der Waals surface area contributed by atoms with E-state index < -0.39 is 0 Å². The number of rotatable bonds is 5. The van der Waals surface area contributed by atoms with Gasteiger partial charge in [-0.05, 0) is 25.1 Å². The van der Waals surface area contributed by atoms with Crippen molar-refractivity contribution in [2.24, 2.45) is 0 Å². The highest BCUT2D eigenvalue weighted by atomic mass is 19.1. The number of amides is 1. The lowest BCUT2D eigenvalue weighted by molar-refractivity contribution is -0.114. The van der Waals surface area contributed by atoms with E-state index in [2.05, 4.69) is 10.6 Å². The van der Waals surface area contributed by atoms with Crippen LogP contribution in [-0.4, -0.2) is 25.7 Å². The van der Waals surface area contributed by atoms with E-state index in [0.29, 0.717) is 18.0 Å². The van der Waals surface area contributed by atoms with Gasteiger partial charge in [-0.15, -0.1) is 0 Å². The van der Waals surface area contributed by atoms with Crippen LogP contribution in [0.2, 0.25) is 0 Å². The quantitative estimate of drug-likeness (QED) is 0.829. The van der Waals surface area contributed by atoms with Gasteiger partial charge < -0.3 is 15.4 Å². The number of carbonyl (C=O) groups excluding carboxylic acids is 1. The molecular formula is C12H17FN2O2. The zero-order chi connectivity index (χ0) is 12.8. The number of hydrogen-bond acceptors (Lipinski definition) is 3. The molecule has 1 rings (SSSR count).